The lowest BCUT2D eigenvalue weighted by Crippen LogP contribution is -1.98. The van der Waals surface area contributed by atoms with E-state index < -0.39 is 0 Å². The summed E-state index contributed by atoms with van der Waals surface area (Å²) in [6.45, 7) is 4.57. The summed E-state index contributed by atoms with van der Waals surface area (Å²) in [5.41, 5.74) is 9.83. The fraction of sp³-hybridized carbons (Fsp3) is 0.300. The lowest BCUT2D eigenvalue weighted by molar-refractivity contribution is 0.981. The second-order valence-corrected chi connectivity index (χ2v) is 4.23. The maximum atomic E-state index is 5.60. The first-order valence-electron chi connectivity index (χ1n) is 4.47. The molecule has 3 nitrogen and oxygen atoms in total. The van der Waals surface area contributed by atoms with E-state index in [1.807, 2.05) is 13.1 Å². The Kier molecular flexibility index (Phi) is 2.33. The molecule has 0 amide bonds. The van der Waals surface area contributed by atoms with Gasteiger partial charge in [0.2, 0.25) is 0 Å². The van der Waals surface area contributed by atoms with Crippen LogP contribution in [-0.2, 0) is 6.54 Å². The van der Waals surface area contributed by atoms with Gasteiger partial charge in [-0.3, -0.25) is 0 Å². The molecule has 0 aliphatic carbocycles. The molecule has 0 bridgehead atoms. The van der Waals surface area contributed by atoms with Crippen molar-refractivity contribution in [2.24, 2.45) is 5.73 Å². The van der Waals surface area contributed by atoms with Crippen LogP contribution in [0.5, 0.6) is 0 Å². The van der Waals surface area contributed by atoms with E-state index >= 15 is 0 Å². The van der Waals surface area contributed by atoms with Crippen molar-refractivity contribution in [2.45, 2.75) is 20.4 Å². The number of nitrogens with zero attached hydrogens (tertiary/aromatic N) is 2. The molecule has 0 unspecified atom stereocenters. The summed E-state index contributed by atoms with van der Waals surface area (Å²) in [6.07, 6.45) is 2.03. The van der Waals surface area contributed by atoms with Crippen LogP contribution in [0.4, 0.5) is 0 Å². The van der Waals surface area contributed by atoms with Crippen molar-refractivity contribution in [1.29, 1.82) is 0 Å². The van der Waals surface area contributed by atoms with Crippen LogP contribution in [-0.4, -0.2) is 9.38 Å². The highest BCUT2D eigenvalue weighted by Gasteiger charge is 2.07. The quantitative estimate of drug-likeness (QED) is 0.847. The Hall–Kier alpha value is -0.870. The molecule has 2 rings (SSSR count). The second-order valence-electron chi connectivity index (χ2n) is 3.38. The summed E-state index contributed by atoms with van der Waals surface area (Å²) in [7, 11) is 0. The molecule has 0 aliphatic heterocycles. The van der Waals surface area contributed by atoms with E-state index in [9.17, 15) is 0 Å². The van der Waals surface area contributed by atoms with Crippen molar-refractivity contribution in [3.8, 4) is 0 Å². The molecule has 0 radical (unpaired) electrons. The number of nitrogens with two attached hydrogens (primary N) is 1. The molecular weight excluding hydrogens is 242 g/mol. The van der Waals surface area contributed by atoms with E-state index in [-0.39, 0.29) is 0 Å². The molecule has 14 heavy (non-hydrogen) atoms. The molecule has 0 spiro atoms. The van der Waals surface area contributed by atoms with Gasteiger partial charge in [0.15, 0.2) is 0 Å². The predicted octanol–water partition coefficient (Wildman–Crippen LogP) is 2.17. The summed E-state index contributed by atoms with van der Waals surface area (Å²) in [5, 5.41) is 0. The number of hydrogen-bond donors (Lipinski definition) is 1. The molecule has 2 N–H and O–H groups in total. The normalized spacial score (nSPS) is 11.1. The van der Waals surface area contributed by atoms with E-state index in [1.54, 1.807) is 0 Å². The minimum Gasteiger partial charge on any atom is -0.325 e. The largest absolute Gasteiger partial charge is 0.325 e. The van der Waals surface area contributed by atoms with Gasteiger partial charge in [-0.15, -0.1) is 0 Å². The van der Waals surface area contributed by atoms with Crippen LogP contribution >= 0.6 is 15.9 Å². The minimum atomic E-state index is 0.490. The molecule has 2 aromatic rings. The van der Waals surface area contributed by atoms with Gasteiger partial charge >= 0.3 is 0 Å². The van der Waals surface area contributed by atoms with Gasteiger partial charge in [-0.2, -0.15) is 0 Å². The van der Waals surface area contributed by atoms with Gasteiger partial charge in [0.1, 0.15) is 5.65 Å². The van der Waals surface area contributed by atoms with Crippen LogP contribution in [0.2, 0.25) is 0 Å². The van der Waals surface area contributed by atoms with Crippen LogP contribution < -0.4 is 5.73 Å². The van der Waals surface area contributed by atoms with Crippen LogP contribution in [0, 0.1) is 13.8 Å². The van der Waals surface area contributed by atoms with E-state index in [0.717, 1.165) is 21.5 Å². The van der Waals surface area contributed by atoms with Crippen molar-refractivity contribution in [2.75, 3.05) is 0 Å². The SMILES string of the molecule is Cc1cc2nc(CN)c(C)n2cc1Br. The number of rotatable bonds is 1. The van der Waals surface area contributed by atoms with Crippen molar-refractivity contribution < 1.29 is 0 Å². The topological polar surface area (TPSA) is 43.3 Å². The zero-order valence-electron chi connectivity index (χ0n) is 8.21. The number of aryl methyl sites for hydroxylation is 2. The van der Waals surface area contributed by atoms with Crippen molar-refractivity contribution in [1.82, 2.24) is 9.38 Å². The fourth-order valence-corrected chi connectivity index (χ4v) is 1.84. The number of imidazole rings is 1. The fourth-order valence-electron chi connectivity index (χ4n) is 1.52. The Labute approximate surface area is 91.1 Å². The summed E-state index contributed by atoms with van der Waals surface area (Å²) in [4.78, 5) is 4.45. The average molecular weight is 254 g/mol. The van der Waals surface area contributed by atoms with Gasteiger partial charge in [-0.25, -0.2) is 4.98 Å². The minimum absolute atomic E-state index is 0.490. The van der Waals surface area contributed by atoms with Crippen LogP contribution in [0.3, 0.4) is 0 Å². The van der Waals surface area contributed by atoms with Gasteiger partial charge in [0, 0.05) is 22.9 Å². The number of fused-ring (bicyclic) bond motifs is 1. The third-order valence-corrected chi connectivity index (χ3v) is 3.26. The smallest absolute Gasteiger partial charge is 0.137 e. The molecule has 4 heteroatoms. The summed E-state index contributed by atoms with van der Waals surface area (Å²) in [6, 6.07) is 2.05. The lowest BCUT2D eigenvalue weighted by atomic mass is 10.3. The molecule has 0 saturated heterocycles. The van der Waals surface area contributed by atoms with Gasteiger partial charge in [0.05, 0.1) is 5.69 Å². The first kappa shape index (κ1) is 9.68. The zero-order valence-corrected chi connectivity index (χ0v) is 9.80. The molecule has 0 atom stereocenters. The van der Waals surface area contributed by atoms with Gasteiger partial charge in [-0.1, -0.05) is 0 Å². The van der Waals surface area contributed by atoms with Gasteiger partial charge < -0.3 is 10.1 Å². The van der Waals surface area contributed by atoms with E-state index in [2.05, 4.69) is 38.3 Å². The standard InChI is InChI=1S/C10H12BrN3/c1-6-3-10-13-9(4-12)7(2)14(10)5-8(6)11/h3,5H,4,12H2,1-2H3. The second kappa shape index (κ2) is 3.37. The number of hydrogen-bond acceptors (Lipinski definition) is 2. The Morgan fingerprint density at radius 3 is 2.86 bits per heavy atom. The average Bonchev–Trinajstić information content (AvgIpc) is 2.45. The number of aromatic nitrogens is 2. The molecule has 2 aromatic heterocycles. The van der Waals surface area contributed by atoms with Crippen molar-refractivity contribution in [3.63, 3.8) is 0 Å². The van der Waals surface area contributed by atoms with Gasteiger partial charge in [0.25, 0.3) is 0 Å². The predicted molar refractivity (Wildman–Crippen MR) is 60.3 cm³/mol. The molecular formula is C10H12BrN3. The number of halogens is 1. The lowest BCUT2D eigenvalue weighted by Gasteiger charge is -2.00. The molecule has 2 heterocycles. The molecule has 0 saturated carbocycles. The Balaban J connectivity index is 2.80. The Morgan fingerprint density at radius 1 is 1.50 bits per heavy atom. The molecule has 74 valence electrons. The summed E-state index contributed by atoms with van der Waals surface area (Å²) < 4.78 is 3.15. The van der Waals surface area contributed by atoms with Crippen molar-refractivity contribution >= 4 is 21.6 Å². The van der Waals surface area contributed by atoms with Crippen LogP contribution in [0.25, 0.3) is 5.65 Å². The molecule has 0 aliphatic rings. The monoisotopic (exact) mass is 253 g/mol. The van der Waals surface area contributed by atoms with Crippen LogP contribution in [0.1, 0.15) is 17.0 Å². The Morgan fingerprint density at radius 2 is 2.21 bits per heavy atom. The summed E-state index contributed by atoms with van der Waals surface area (Å²) >= 11 is 3.50. The van der Waals surface area contributed by atoms with E-state index in [1.165, 1.54) is 5.56 Å². The maximum Gasteiger partial charge on any atom is 0.137 e. The summed E-state index contributed by atoms with van der Waals surface area (Å²) in [5.74, 6) is 0. The third kappa shape index (κ3) is 1.35. The zero-order chi connectivity index (χ0) is 10.3. The highest BCUT2D eigenvalue weighted by molar-refractivity contribution is 9.10. The van der Waals surface area contributed by atoms with E-state index in [4.69, 9.17) is 5.73 Å². The van der Waals surface area contributed by atoms with Gasteiger partial charge in [-0.05, 0) is 41.4 Å². The highest BCUT2D eigenvalue weighted by Crippen LogP contribution is 2.20. The van der Waals surface area contributed by atoms with Crippen molar-refractivity contribution in [3.05, 3.63) is 33.7 Å². The first-order valence-corrected chi connectivity index (χ1v) is 5.26. The Bertz CT molecular complexity index is 488. The molecule has 0 aromatic carbocycles. The third-order valence-electron chi connectivity index (χ3n) is 2.43. The highest BCUT2D eigenvalue weighted by atomic mass is 79.9. The van der Waals surface area contributed by atoms with Crippen LogP contribution in [0.15, 0.2) is 16.7 Å². The van der Waals surface area contributed by atoms with E-state index in [0.29, 0.717) is 6.54 Å². The maximum absolute atomic E-state index is 5.60. The first-order chi connectivity index (χ1) is 6.63. The number of pyridine rings is 1. The molecule has 0 fully saturated rings.